The van der Waals surface area contributed by atoms with E-state index >= 15 is 0 Å². The van der Waals surface area contributed by atoms with Gasteiger partial charge in [-0.25, -0.2) is 4.68 Å². The number of hydrogen-bond donors (Lipinski definition) is 0. The molecule has 1 saturated carbocycles. The maximum Gasteiger partial charge on any atom is 0.387 e. The highest BCUT2D eigenvalue weighted by Crippen LogP contribution is 2.38. The average molecular weight is 378 g/mol. The molecule has 1 aromatic heterocycles. The van der Waals surface area contributed by atoms with Crippen molar-refractivity contribution in [1.29, 1.82) is 0 Å². The number of hydrogen-bond acceptors (Lipinski definition) is 5. The van der Waals surface area contributed by atoms with E-state index in [1.807, 2.05) is 6.20 Å². The normalized spacial score (nSPS) is 20.1. The van der Waals surface area contributed by atoms with E-state index in [9.17, 15) is 13.6 Å². The van der Waals surface area contributed by atoms with E-state index in [4.69, 9.17) is 4.74 Å². The third-order valence-electron chi connectivity index (χ3n) is 4.72. The summed E-state index contributed by atoms with van der Waals surface area (Å²) in [7, 11) is 0. The molecule has 1 unspecified atom stereocenters. The standard InChI is InChI=1S/C18H20F2N4O3/c19-18(20)27-14-3-1-2-13(8-14)16-10-23(6-7-26-16)17(25)11-24-9-15(21-22-24)12-4-5-12/h1-3,8-9,12,16,18H,4-7,10-11H2. The predicted molar refractivity (Wildman–Crippen MR) is 90.3 cm³/mol. The summed E-state index contributed by atoms with van der Waals surface area (Å²) in [6.45, 7) is -1.55. The summed E-state index contributed by atoms with van der Waals surface area (Å²) >= 11 is 0. The van der Waals surface area contributed by atoms with Crippen LogP contribution in [-0.2, 0) is 16.1 Å². The molecule has 0 spiro atoms. The van der Waals surface area contributed by atoms with Gasteiger partial charge in [-0.3, -0.25) is 4.79 Å². The van der Waals surface area contributed by atoms with E-state index in [0.717, 1.165) is 18.5 Å². The summed E-state index contributed by atoms with van der Waals surface area (Å²) in [6.07, 6.45) is 3.71. The smallest absolute Gasteiger partial charge is 0.387 e. The third kappa shape index (κ3) is 4.41. The Hall–Kier alpha value is -2.55. The molecule has 1 saturated heterocycles. The fraction of sp³-hybridized carbons (Fsp3) is 0.500. The minimum atomic E-state index is -2.88. The number of benzene rings is 1. The van der Waals surface area contributed by atoms with Crippen LogP contribution in [0.15, 0.2) is 30.5 Å². The predicted octanol–water partition coefficient (Wildman–Crippen LogP) is 2.36. The van der Waals surface area contributed by atoms with Gasteiger partial charge in [-0.15, -0.1) is 5.10 Å². The second-order valence-electron chi connectivity index (χ2n) is 6.77. The molecule has 2 fully saturated rings. The zero-order chi connectivity index (χ0) is 18.8. The van der Waals surface area contributed by atoms with Crippen molar-refractivity contribution in [2.24, 2.45) is 0 Å². The number of carbonyl (C=O) groups is 1. The second kappa shape index (κ2) is 7.59. The topological polar surface area (TPSA) is 69.5 Å². The molecular weight excluding hydrogens is 358 g/mol. The number of rotatable bonds is 6. The van der Waals surface area contributed by atoms with E-state index in [1.54, 1.807) is 21.7 Å². The van der Waals surface area contributed by atoms with Crippen molar-refractivity contribution in [2.75, 3.05) is 19.7 Å². The number of carbonyl (C=O) groups excluding carboxylic acids is 1. The van der Waals surface area contributed by atoms with Crippen LogP contribution in [0, 0.1) is 0 Å². The number of nitrogens with zero attached hydrogens (tertiary/aromatic N) is 4. The first-order chi connectivity index (χ1) is 13.1. The number of halogens is 2. The van der Waals surface area contributed by atoms with Crippen molar-refractivity contribution >= 4 is 5.91 Å². The van der Waals surface area contributed by atoms with Crippen LogP contribution < -0.4 is 4.74 Å². The van der Waals surface area contributed by atoms with Crippen molar-refractivity contribution < 1.29 is 23.0 Å². The summed E-state index contributed by atoms with van der Waals surface area (Å²) in [5.41, 5.74) is 1.64. The summed E-state index contributed by atoms with van der Waals surface area (Å²) in [4.78, 5) is 14.3. The fourth-order valence-electron chi connectivity index (χ4n) is 3.16. The number of amides is 1. The first kappa shape index (κ1) is 17.8. The van der Waals surface area contributed by atoms with Gasteiger partial charge in [0, 0.05) is 18.7 Å². The number of ether oxygens (including phenoxy) is 2. The Labute approximate surface area is 154 Å². The lowest BCUT2D eigenvalue weighted by Gasteiger charge is -2.33. The molecule has 0 radical (unpaired) electrons. The van der Waals surface area contributed by atoms with Gasteiger partial charge in [0.1, 0.15) is 18.4 Å². The molecule has 2 heterocycles. The van der Waals surface area contributed by atoms with Crippen LogP contribution in [-0.4, -0.2) is 52.1 Å². The summed E-state index contributed by atoms with van der Waals surface area (Å²) in [6, 6.07) is 6.38. The van der Waals surface area contributed by atoms with Gasteiger partial charge in [-0.05, 0) is 30.5 Å². The molecule has 0 N–H and O–H groups in total. The van der Waals surface area contributed by atoms with Crippen molar-refractivity contribution in [1.82, 2.24) is 19.9 Å². The summed E-state index contributed by atoms with van der Waals surface area (Å²) in [5.74, 6) is 0.490. The van der Waals surface area contributed by atoms with Crippen LogP contribution in [0.2, 0.25) is 0 Å². The van der Waals surface area contributed by atoms with E-state index in [-0.39, 0.29) is 24.3 Å². The zero-order valence-corrected chi connectivity index (χ0v) is 14.6. The molecular formula is C18H20F2N4O3. The Morgan fingerprint density at radius 1 is 1.37 bits per heavy atom. The molecule has 1 amide bonds. The maximum atomic E-state index is 12.6. The minimum absolute atomic E-state index is 0.0736. The van der Waals surface area contributed by atoms with Gasteiger partial charge in [-0.1, -0.05) is 17.3 Å². The van der Waals surface area contributed by atoms with Crippen molar-refractivity contribution in [2.45, 2.75) is 38.0 Å². The molecule has 1 aromatic carbocycles. The van der Waals surface area contributed by atoms with Crippen LogP contribution in [0.25, 0.3) is 0 Å². The molecule has 2 aliphatic rings. The SMILES string of the molecule is O=C(Cn1cc(C2CC2)nn1)N1CCOC(c2cccc(OC(F)F)c2)C1. The molecule has 144 valence electrons. The van der Waals surface area contributed by atoms with Crippen LogP contribution in [0.1, 0.15) is 36.1 Å². The minimum Gasteiger partial charge on any atom is -0.435 e. The lowest BCUT2D eigenvalue weighted by molar-refractivity contribution is -0.139. The Balaban J connectivity index is 1.39. The molecule has 7 nitrogen and oxygen atoms in total. The van der Waals surface area contributed by atoms with Crippen LogP contribution in [0.5, 0.6) is 5.75 Å². The molecule has 1 atom stereocenters. The maximum absolute atomic E-state index is 12.6. The van der Waals surface area contributed by atoms with Gasteiger partial charge in [0.2, 0.25) is 5.91 Å². The van der Waals surface area contributed by atoms with Crippen LogP contribution in [0.4, 0.5) is 8.78 Å². The largest absolute Gasteiger partial charge is 0.435 e. The number of aromatic nitrogens is 3. The quantitative estimate of drug-likeness (QED) is 0.772. The number of alkyl halides is 2. The zero-order valence-electron chi connectivity index (χ0n) is 14.6. The molecule has 1 aliphatic carbocycles. The van der Waals surface area contributed by atoms with Gasteiger partial charge < -0.3 is 14.4 Å². The average Bonchev–Trinajstić information content (AvgIpc) is 3.41. The Morgan fingerprint density at radius 2 is 2.22 bits per heavy atom. The van der Waals surface area contributed by atoms with Gasteiger partial charge >= 0.3 is 6.61 Å². The van der Waals surface area contributed by atoms with E-state index in [0.29, 0.717) is 31.2 Å². The molecule has 0 bridgehead atoms. The lowest BCUT2D eigenvalue weighted by atomic mass is 10.1. The van der Waals surface area contributed by atoms with Crippen LogP contribution >= 0.6 is 0 Å². The Kier molecular flexibility index (Phi) is 5.02. The van der Waals surface area contributed by atoms with Gasteiger partial charge in [0.25, 0.3) is 0 Å². The van der Waals surface area contributed by atoms with Crippen molar-refractivity contribution in [3.8, 4) is 5.75 Å². The summed E-state index contributed by atoms with van der Waals surface area (Å²) < 4.78 is 36.5. The first-order valence-corrected chi connectivity index (χ1v) is 8.92. The van der Waals surface area contributed by atoms with Gasteiger partial charge in [-0.2, -0.15) is 8.78 Å². The Bertz CT molecular complexity index is 809. The molecule has 4 rings (SSSR count). The van der Waals surface area contributed by atoms with Crippen LogP contribution in [0.3, 0.4) is 0 Å². The van der Waals surface area contributed by atoms with Crippen molar-refractivity contribution in [3.63, 3.8) is 0 Å². The molecule has 2 aromatic rings. The highest BCUT2D eigenvalue weighted by molar-refractivity contribution is 5.76. The highest BCUT2D eigenvalue weighted by Gasteiger charge is 2.28. The lowest BCUT2D eigenvalue weighted by Crippen LogP contribution is -2.43. The second-order valence-corrected chi connectivity index (χ2v) is 6.77. The molecule has 1 aliphatic heterocycles. The number of morpholine rings is 1. The van der Waals surface area contributed by atoms with E-state index in [1.165, 1.54) is 12.1 Å². The van der Waals surface area contributed by atoms with Crippen molar-refractivity contribution in [3.05, 3.63) is 41.7 Å². The monoisotopic (exact) mass is 378 g/mol. The first-order valence-electron chi connectivity index (χ1n) is 8.92. The Morgan fingerprint density at radius 3 is 3.00 bits per heavy atom. The molecule has 27 heavy (non-hydrogen) atoms. The van der Waals surface area contributed by atoms with E-state index < -0.39 is 6.61 Å². The van der Waals surface area contributed by atoms with E-state index in [2.05, 4.69) is 15.0 Å². The summed E-state index contributed by atoms with van der Waals surface area (Å²) in [5, 5.41) is 8.14. The van der Waals surface area contributed by atoms with Gasteiger partial charge in [0.15, 0.2) is 0 Å². The molecule has 9 heteroatoms. The fourth-order valence-corrected chi connectivity index (χ4v) is 3.16. The highest BCUT2D eigenvalue weighted by atomic mass is 19.3. The van der Waals surface area contributed by atoms with Gasteiger partial charge in [0.05, 0.1) is 18.8 Å². The third-order valence-corrected chi connectivity index (χ3v) is 4.72.